The molecule has 1 heterocycles. The summed E-state index contributed by atoms with van der Waals surface area (Å²) in [6, 6.07) is 15.8. The van der Waals surface area contributed by atoms with Crippen LogP contribution < -0.4 is 10.2 Å². The summed E-state index contributed by atoms with van der Waals surface area (Å²) in [6.45, 7) is 4.05. The maximum absolute atomic E-state index is 12.5. The van der Waals surface area contributed by atoms with E-state index in [0.29, 0.717) is 17.1 Å². The van der Waals surface area contributed by atoms with E-state index in [1.807, 2.05) is 19.1 Å². The summed E-state index contributed by atoms with van der Waals surface area (Å²) >= 11 is 6.30. The molecule has 0 atom stereocenters. The second-order valence-corrected chi connectivity index (χ2v) is 7.12. The third-order valence-corrected chi connectivity index (χ3v) is 5.18. The van der Waals surface area contributed by atoms with Crippen molar-refractivity contribution in [3.05, 3.63) is 64.2 Å². The van der Waals surface area contributed by atoms with Crippen LogP contribution >= 0.6 is 11.6 Å². The molecule has 1 aliphatic heterocycles. The molecule has 0 unspecified atom stereocenters. The highest BCUT2D eigenvalue weighted by molar-refractivity contribution is 6.33. The fourth-order valence-corrected chi connectivity index (χ4v) is 3.63. The van der Waals surface area contributed by atoms with Gasteiger partial charge >= 0.3 is 0 Å². The molecule has 1 N–H and O–H groups in total. The first-order valence-electron chi connectivity index (χ1n) is 8.85. The molecule has 0 bridgehead atoms. The molecule has 4 nitrogen and oxygen atoms in total. The Hall–Kier alpha value is -2.51. The fourth-order valence-electron chi connectivity index (χ4n) is 3.33. The number of halogens is 1. The summed E-state index contributed by atoms with van der Waals surface area (Å²) in [5.74, 6) is 0.106. The fraction of sp³-hybridized carbons (Fsp3) is 0.333. The van der Waals surface area contributed by atoms with Crippen molar-refractivity contribution < 1.29 is 4.79 Å². The number of amides is 1. The molecule has 1 saturated heterocycles. The van der Waals surface area contributed by atoms with Crippen LogP contribution in [0.3, 0.4) is 0 Å². The monoisotopic (exact) mass is 367 g/mol. The van der Waals surface area contributed by atoms with Gasteiger partial charge in [0.25, 0.3) is 0 Å². The standard InChI is InChI=1S/C21H22ClN3O/c1-15-5-7-16(8-6-15)14-24-21(26)17-9-11-25(12-10-17)20-18(13-23)3-2-4-19(20)22/h2-8,17H,9-12,14H2,1H3,(H,24,26). The highest BCUT2D eigenvalue weighted by atomic mass is 35.5. The molecular formula is C21H22ClN3O. The van der Waals surface area contributed by atoms with Gasteiger partial charge in [-0.25, -0.2) is 0 Å². The molecule has 0 aliphatic carbocycles. The number of hydrogen-bond donors (Lipinski definition) is 1. The number of benzene rings is 2. The molecule has 0 saturated carbocycles. The van der Waals surface area contributed by atoms with Crippen LogP contribution in [0, 0.1) is 24.2 Å². The van der Waals surface area contributed by atoms with Crippen molar-refractivity contribution in [2.24, 2.45) is 5.92 Å². The molecule has 26 heavy (non-hydrogen) atoms. The summed E-state index contributed by atoms with van der Waals surface area (Å²) in [7, 11) is 0. The Morgan fingerprint density at radius 3 is 2.58 bits per heavy atom. The average molecular weight is 368 g/mol. The van der Waals surface area contributed by atoms with E-state index in [2.05, 4.69) is 28.4 Å². The lowest BCUT2D eigenvalue weighted by Gasteiger charge is -2.34. The second-order valence-electron chi connectivity index (χ2n) is 6.71. The quantitative estimate of drug-likeness (QED) is 0.886. The molecule has 1 aliphatic rings. The number of carbonyl (C=O) groups is 1. The molecule has 2 aromatic rings. The summed E-state index contributed by atoms with van der Waals surface area (Å²) in [5.41, 5.74) is 3.69. The summed E-state index contributed by atoms with van der Waals surface area (Å²) in [4.78, 5) is 14.6. The number of piperidine rings is 1. The third kappa shape index (κ3) is 4.17. The maximum atomic E-state index is 12.5. The Bertz CT molecular complexity index is 818. The Labute approximate surface area is 159 Å². The predicted molar refractivity (Wildman–Crippen MR) is 104 cm³/mol. The highest BCUT2D eigenvalue weighted by Crippen LogP contribution is 2.32. The van der Waals surface area contributed by atoms with Gasteiger partial charge in [-0.2, -0.15) is 5.26 Å². The lowest BCUT2D eigenvalue weighted by molar-refractivity contribution is -0.125. The maximum Gasteiger partial charge on any atom is 0.223 e. The topological polar surface area (TPSA) is 56.1 Å². The number of carbonyl (C=O) groups excluding carboxylic acids is 1. The number of aryl methyl sites for hydroxylation is 1. The highest BCUT2D eigenvalue weighted by Gasteiger charge is 2.26. The number of anilines is 1. The Balaban J connectivity index is 1.56. The van der Waals surface area contributed by atoms with Crippen LogP contribution in [0.4, 0.5) is 5.69 Å². The summed E-state index contributed by atoms with van der Waals surface area (Å²) < 4.78 is 0. The zero-order chi connectivity index (χ0) is 18.5. The van der Waals surface area contributed by atoms with E-state index in [1.165, 1.54) is 5.56 Å². The van der Waals surface area contributed by atoms with Crippen molar-refractivity contribution >= 4 is 23.2 Å². The van der Waals surface area contributed by atoms with Crippen molar-refractivity contribution in [3.63, 3.8) is 0 Å². The SMILES string of the molecule is Cc1ccc(CNC(=O)C2CCN(c3c(Cl)cccc3C#N)CC2)cc1. The van der Waals surface area contributed by atoms with Crippen molar-refractivity contribution in [3.8, 4) is 6.07 Å². The van der Waals surface area contributed by atoms with Crippen LogP contribution in [0.5, 0.6) is 0 Å². The van der Waals surface area contributed by atoms with E-state index < -0.39 is 0 Å². The van der Waals surface area contributed by atoms with Gasteiger partial charge in [0.05, 0.1) is 16.3 Å². The van der Waals surface area contributed by atoms with E-state index in [0.717, 1.165) is 37.2 Å². The minimum Gasteiger partial charge on any atom is -0.369 e. The van der Waals surface area contributed by atoms with Gasteiger partial charge < -0.3 is 10.2 Å². The molecular weight excluding hydrogens is 346 g/mol. The molecule has 0 aromatic heterocycles. The zero-order valence-corrected chi connectivity index (χ0v) is 15.6. The lowest BCUT2D eigenvalue weighted by Crippen LogP contribution is -2.40. The number of nitrogens with zero attached hydrogens (tertiary/aromatic N) is 2. The number of nitrogens with one attached hydrogen (secondary N) is 1. The Morgan fingerprint density at radius 1 is 1.23 bits per heavy atom. The van der Waals surface area contributed by atoms with Gasteiger partial charge in [0.1, 0.15) is 6.07 Å². The molecule has 1 fully saturated rings. The molecule has 0 spiro atoms. The van der Waals surface area contributed by atoms with E-state index in [4.69, 9.17) is 11.6 Å². The third-order valence-electron chi connectivity index (χ3n) is 4.88. The number of nitriles is 1. The second kappa shape index (κ2) is 8.25. The molecule has 5 heteroatoms. The van der Waals surface area contributed by atoms with Crippen LogP contribution in [-0.4, -0.2) is 19.0 Å². The van der Waals surface area contributed by atoms with Crippen LogP contribution in [-0.2, 0) is 11.3 Å². The van der Waals surface area contributed by atoms with Crippen LogP contribution in [0.25, 0.3) is 0 Å². The van der Waals surface area contributed by atoms with Gasteiger partial charge in [0, 0.05) is 25.6 Å². The van der Waals surface area contributed by atoms with Gasteiger partial charge in [-0.15, -0.1) is 0 Å². The zero-order valence-electron chi connectivity index (χ0n) is 14.8. The number of para-hydroxylation sites is 1. The molecule has 3 rings (SSSR count). The summed E-state index contributed by atoms with van der Waals surface area (Å²) in [5, 5.41) is 12.9. The van der Waals surface area contributed by atoms with Gasteiger partial charge in [0.2, 0.25) is 5.91 Å². The first-order chi connectivity index (χ1) is 12.6. The van der Waals surface area contributed by atoms with Crippen molar-refractivity contribution in [1.82, 2.24) is 5.32 Å². The normalized spacial score (nSPS) is 14.7. The largest absolute Gasteiger partial charge is 0.369 e. The predicted octanol–water partition coefficient (Wildman–Crippen LogP) is 4.05. The van der Waals surface area contributed by atoms with Gasteiger partial charge in [0.15, 0.2) is 0 Å². The molecule has 0 radical (unpaired) electrons. The first kappa shape index (κ1) is 18.3. The van der Waals surface area contributed by atoms with E-state index in [9.17, 15) is 10.1 Å². The lowest BCUT2D eigenvalue weighted by atomic mass is 9.95. The van der Waals surface area contributed by atoms with E-state index in [-0.39, 0.29) is 11.8 Å². The Morgan fingerprint density at radius 2 is 1.92 bits per heavy atom. The smallest absolute Gasteiger partial charge is 0.223 e. The van der Waals surface area contributed by atoms with Gasteiger partial charge in [-0.3, -0.25) is 4.79 Å². The Kier molecular flexibility index (Phi) is 5.80. The minimum absolute atomic E-state index is 0.00437. The molecule has 134 valence electrons. The van der Waals surface area contributed by atoms with Gasteiger partial charge in [-0.1, -0.05) is 47.5 Å². The van der Waals surface area contributed by atoms with Crippen molar-refractivity contribution in [2.45, 2.75) is 26.3 Å². The summed E-state index contributed by atoms with van der Waals surface area (Å²) in [6.07, 6.45) is 1.52. The average Bonchev–Trinajstić information content (AvgIpc) is 2.67. The van der Waals surface area contributed by atoms with Crippen molar-refractivity contribution in [1.29, 1.82) is 5.26 Å². The van der Waals surface area contributed by atoms with Crippen LogP contribution in [0.1, 0.15) is 29.5 Å². The number of rotatable bonds is 4. The molecule has 1 amide bonds. The molecule has 2 aromatic carbocycles. The van der Waals surface area contributed by atoms with Gasteiger partial charge in [-0.05, 0) is 37.5 Å². The van der Waals surface area contributed by atoms with E-state index >= 15 is 0 Å². The van der Waals surface area contributed by atoms with Crippen molar-refractivity contribution in [2.75, 3.05) is 18.0 Å². The number of hydrogen-bond acceptors (Lipinski definition) is 3. The van der Waals surface area contributed by atoms with E-state index in [1.54, 1.807) is 18.2 Å². The minimum atomic E-state index is 0.00437. The first-order valence-corrected chi connectivity index (χ1v) is 9.23. The van der Waals surface area contributed by atoms with Crippen LogP contribution in [0.2, 0.25) is 5.02 Å². The van der Waals surface area contributed by atoms with Crippen LogP contribution in [0.15, 0.2) is 42.5 Å².